The number of nitrogens with zero attached hydrogens (tertiary/aromatic N) is 2. The van der Waals surface area contributed by atoms with Crippen LogP contribution >= 0.6 is 11.6 Å². The third kappa shape index (κ3) is 5.37. The number of aromatic amines is 1. The minimum atomic E-state index is -0.806. The number of nitrogen functional groups attached to an aromatic ring is 1. The lowest BCUT2D eigenvalue weighted by atomic mass is 10.2. The number of halogens is 2. The first-order valence-electron chi connectivity index (χ1n) is 9.22. The van der Waals surface area contributed by atoms with Crippen molar-refractivity contribution in [3.63, 3.8) is 0 Å². The standard InChI is InChI=1S/C20H24ClFN4O4/c1-12(2)11-26-18(23)17(19(28)24-20(26)29)25(9-10-30-3)16(27)8-7-13-14(21)5-4-6-15(13)22/h4-8,12H,9-11,23H2,1-3H3,(H,24,28,29)/b8-7+. The van der Waals surface area contributed by atoms with Gasteiger partial charge in [0, 0.05) is 31.8 Å². The van der Waals surface area contributed by atoms with Crippen LogP contribution < -0.4 is 21.9 Å². The molecule has 2 aromatic rings. The van der Waals surface area contributed by atoms with E-state index in [0.717, 1.165) is 11.0 Å². The van der Waals surface area contributed by atoms with Gasteiger partial charge < -0.3 is 10.5 Å². The zero-order chi connectivity index (χ0) is 22.4. The van der Waals surface area contributed by atoms with Gasteiger partial charge in [0.25, 0.3) is 11.5 Å². The van der Waals surface area contributed by atoms with Crippen molar-refractivity contribution >= 4 is 35.1 Å². The predicted molar refractivity (Wildman–Crippen MR) is 115 cm³/mol. The summed E-state index contributed by atoms with van der Waals surface area (Å²) < 4.78 is 20.2. The molecule has 3 N–H and O–H groups in total. The molecule has 0 aliphatic carbocycles. The second-order valence-corrected chi connectivity index (χ2v) is 7.36. The lowest BCUT2D eigenvalue weighted by molar-refractivity contribution is -0.114. The predicted octanol–water partition coefficient (Wildman–Crippen LogP) is 2.26. The van der Waals surface area contributed by atoms with Gasteiger partial charge in [-0.15, -0.1) is 0 Å². The molecule has 0 aliphatic heterocycles. The second kappa shape index (κ2) is 10.2. The van der Waals surface area contributed by atoms with Crippen LogP contribution in [-0.2, 0) is 16.1 Å². The highest BCUT2D eigenvalue weighted by Crippen LogP contribution is 2.22. The SMILES string of the molecule is COCCN(C(=O)/C=C/c1c(F)cccc1Cl)c1c(N)n(CC(C)C)c(=O)[nH]c1=O. The van der Waals surface area contributed by atoms with Gasteiger partial charge in [0.1, 0.15) is 11.6 Å². The van der Waals surface area contributed by atoms with Gasteiger partial charge in [-0.2, -0.15) is 0 Å². The Labute approximate surface area is 177 Å². The number of H-pyrrole nitrogens is 1. The Morgan fingerprint density at radius 3 is 2.70 bits per heavy atom. The molecule has 0 fully saturated rings. The first-order chi connectivity index (χ1) is 14.2. The van der Waals surface area contributed by atoms with Gasteiger partial charge in [0.15, 0.2) is 5.69 Å². The number of carbonyl (C=O) groups is 1. The number of nitrogens with two attached hydrogens (primary N) is 1. The van der Waals surface area contributed by atoms with Gasteiger partial charge in [-0.05, 0) is 24.1 Å². The molecule has 0 radical (unpaired) electrons. The molecule has 162 valence electrons. The number of anilines is 2. The van der Waals surface area contributed by atoms with Gasteiger partial charge >= 0.3 is 5.69 Å². The first-order valence-corrected chi connectivity index (χ1v) is 9.60. The molecule has 8 nitrogen and oxygen atoms in total. The van der Waals surface area contributed by atoms with Crippen LogP contribution in [0.2, 0.25) is 5.02 Å². The lowest BCUT2D eigenvalue weighted by Gasteiger charge is -2.23. The Kier molecular flexibility index (Phi) is 7.96. The maximum atomic E-state index is 14.0. The molecule has 1 amide bonds. The van der Waals surface area contributed by atoms with Crippen LogP contribution in [-0.4, -0.2) is 35.7 Å². The highest BCUT2D eigenvalue weighted by Gasteiger charge is 2.23. The molecule has 10 heteroatoms. The number of ether oxygens (including phenoxy) is 1. The maximum absolute atomic E-state index is 14.0. The average molecular weight is 439 g/mol. The minimum absolute atomic E-state index is 0.0160. The number of hydrogen-bond acceptors (Lipinski definition) is 5. The molecule has 0 atom stereocenters. The van der Waals surface area contributed by atoms with Crippen molar-refractivity contribution in [2.75, 3.05) is 30.9 Å². The summed E-state index contributed by atoms with van der Waals surface area (Å²) in [6.45, 7) is 4.10. The number of benzene rings is 1. The molecule has 0 saturated carbocycles. The molecule has 0 bridgehead atoms. The fraction of sp³-hybridized carbons (Fsp3) is 0.350. The Balaban J connectivity index is 2.52. The molecule has 0 spiro atoms. The van der Waals surface area contributed by atoms with E-state index in [2.05, 4.69) is 4.98 Å². The van der Waals surface area contributed by atoms with E-state index < -0.39 is 23.0 Å². The monoisotopic (exact) mass is 438 g/mol. The molecule has 0 saturated heterocycles. The quantitative estimate of drug-likeness (QED) is 0.614. The smallest absolute Gasteiger partial charge is 0.330 e. The first kappa shape index (κ1) is 23.4. The van der Waals surface area contributed by atoms with Gasteiger partial charge in [-0.1, -0.05) is 31.5 Å². The maximum Gasteiger partial charge on any atom is 0.330 e. The van der Waals surface area contributed by atoms with E-state index in [1.807, 2.05) is 13.8 Å². The molecule has 0 aliphatic rings. The van der Waals surface area contributed by atoms with Crippen LogP contribution in [0.4, 0.5) is 15.9 Å². The van der Waals surface area contributed by atoms with Crippen LogP contribution in [0.3, 0.4) is 0 Å². The third-order valence-electron chi connectivity index (χ3n) is 4.21. The summed E-state index contributed by atoms with van der Waals surface area (Å²) in [5.74, 6) is -1.33. The summed E-state index contributed by atoms with van der Waals surface area (Å²) in [6.07, 6.45) is 2.30. The van der Waals surface area contributed by atoms with Crippen molar-refractivity contribution in [1.82, 2.24) is 9.55 Å². The van der Waals surface area contributed by atoms with Crippen molar-refractivity contribution in [3.05, 3.63) is 61.5 Å². The third-order valence-corrected chi connectivity index (χ3v) is 4.54. The minimum Gasteiger partial charge on any atom is -0.383 e. The van der Waals surface area contributed by atoms with E-state index in [4.69, 9.17) is 22.1 Å². The van der Waals surface area contributed by atoms with Crippen LogP contribution in [0, 0.1) is 11.7 Å². The second-order valence-electron chi connectivity index (χ2n) is 6.95. The van der Waals surface area contributed by atoms with Crippen LogP contribution in [0.15, 0.2) is 33.9 Å². The van der Waals surface area contributed by atoms with E-state index in [-0.39, 0.29) is 47.7 Å². The Hall–Kier alpha value is -2.91. The topological polar surface area (TPSA) is 110 Å². The van der Waals surface area contributed by atoms with E-state index in [0.29, 0.717) is 0 Å². The summed E-state index contributed by atoms with van der Waals surface area (Å²) in [6, 6.07) is 4.14. The highest BCUT2D eigenvalue weighted by molar-refractivity contribution is 6.32. The summed E-state index contributed by atoms with van der Waals surface area (Å²) >= 11 is 5.98. The van der Waals surface area contributed by atoms with Crippen molar-refractivity contribution in [1.29, 1.82) is 0 Å². The summed E-state index contributed by atoms with van der Waals surface area (Å²) in [7, 11) is 1.44. The molecule has 30 heavy (non-hydrogen) atoms. The number of nitrogens with one attached hydrogen (secondary N) is 1. The highest BCUT2D eigenvalue weighted by atomic mass is 35.5. The van der Waals surface area contributed by atoms with Crippen molar-refractivity contribution in [3.8, 4) is 0 Å². The van der Waals surface area contributed by atoms with Crippen molar-refractivity contribution in [2.45, 2.75) is 20.4 Å². The number of hydrogen-bond donors (Lipinski definition) is 2. The summed E-state index contributed by atoms with van der Waals surface area (Å²) in [4.78, 5) is 40.8. The van der Waals surface area contributed by atoms with Crippen molar-refractivity contribution < 1.29 is 13.9 Å². The van der Waals surface area contributed by atoms with E-state index in [9.17, 15) is 18.8 Å². The number of methoxy groups -OCH3 is 1. The van der Waals surface area contributed by atoms with E-state index in [1.54, 1.807) is 0 Å². The number of amides is 1. The molecule has 1 aromatic carbocycles. The van der Waals surface area contributed by atoms with Crippen LogP contribution in [0.1, 0.15) is 19.4 Å². The zero-order valence-electron chi connectivity index (χ0n) is 16.9. The molecule has 1 aromatic heterocycles. The molecule has 1 heterocycles. The fourth-order valence-corrected chi connectivity index (χ4v) is 3.04. The number of aromatic nitrogens is 2. The molecular formula is C20H24ClFN4O4. The Morgan fingerprint density at radius 1 is 1.40 bits per heavy atom. The van der Waals surface area contributed by atoms with Crippen LogP contribution in [0.25, 0.3) is 6.08 Å². The Morgan fingerprint density at radius 2 is 2.10 bits per heavy atom. The van der Waals surface area contributed by atoms with Gasteiger partial charge in [0.05, 0.1) is 11.6 Å². The summed E-state index contributed by atoms with van der Waals surface area (Å²) in [5, 5.41) is 0.130. The average Bonchev–Trinajstić information content (AvgIpc) is 2.66. The molecule has 2 rings (SSSR count). The summed E-state index contributed by atoms with van der Waals surface area (Å²) in [5.41, 5.74) is 4.49. The largest absolute Gasteiger partial charge is 0.383 e. The lowest BCUT2D eigenvalue weighted by Crippen LogP contribution is -2.42. The number of rotatable bonds is 8. The van der Waals surface area contributed by atoms with E-state index in [1.165, 1.54) is 36.0 Å². The molecule has 0 unspecified atom stereocenters. The molecular weight excluding hydrogens is 415 g/mol. The normalized spacial score (nSPS) is 11.4. The number of carbonyl (C=O) groups excluding carboxylic acids is 1. The van der Waals surface area contributed by atoms with Crippen molar-refractivity contribution in [2.24, 2.45) is 5.92 Å². The zero-order valence-corrected chi connectivity index (χ0v) is 17.7. The van der Waals surface area contributed by atoms with E-state index >= 15 is 0 Å². The van der Waals surface area contributed by atoms with Gasteiger partial charge in [0.2, 0.25) is 0 Å². The fourth-order valence-electron chi connectivity index (χ4n) is 2.81. The van der Waals surface area contributed by atoms with Gasteiger partial charge in [-0.25, -0.2) is 9.18 Å². The van der Waals surface area contributed by atoms with Gasteiger partial charge in [-0.3, -0.25) is 24.0 Å². The Bertz CT molecular complexity index is 1040. The van der Waals surface area contributed by atoms with Crippen LogP contribution in [0.5, 0.6) is 0 Å².